The smallest absolute Gasteiger partial charge is 0.247 e. The molecule has 0 bridgehead atoms. The summed E-state index contributed by atoms with van der Waals surface area (Å²) >= 11 is 1.14. The minimum absolute atomic E-state index is 0.0933. The Morgan fingerprint density at radius 3 is 2.72 bits per heavy atom. The number of nitrogens with zero attached hydrogens (tertiary/aromatic N) is 4. The minimum Gasteiger partial charge on any atom is -0.454 e. The van der Waals surface area contributed by atoms with Crippen LogP contribution in [0.5, 0.6) is 11.5 Å². The van der Waals surface area contributed by atoms with Crippen molar-refractivity contribution in [1.82, 2.24) is 15.2 Å². The van der Waals surface area contributed by atoms with Gasteiger partial charge in [0.05, 0.1) is 17.6 Å². The molecular formula is C20H14N4O4S. The zero-order valence-corrected chi connectivity index (χ0v) is 15.8. The van der Waals surface area contributed by atoms with E-state index in [1.54, 1.807) is 30.5 Å². The topological polar surface area (TPSA) is 94.5 Å². The van der Waals surface area contributed by atoms with Crippen LogP contribution in [0, 0.1) is 0 Å². The second-order valence-corrected chi connectivity index (χ2v) is 7.58. The Kier molecular flexibility index (Phi) is 4.36. The number of fused-ring (bicyclic) bond motifs is 1. The number of hydrogen-bond donors (Lipinski definition) is 0. The van der Waals surface area contributed by atoms with E-state index in [0.717, 1.165) is 17.3 Å². The van der Waals surface area contributed by atoms with Crippen molar-refractivity contribution in [3.63, 3.8) is 0 Å². The van der Waals surface area contributed by atoms with Gasteiger partial charge in [0.25, 0.3) is 0 Å². The largest absolute Gasteiger partial charge is 0.454 e. The summed E-state index contributed by atoms with van der Waals surface area (Å²) in [6.07, 6.45) is 1.63. The van der Waals surface area contributed by atoms with Gasteiger partial charge in [0.1, 0.15) is 5.25 Å². The van der Waals surface area contributed by atoms with Crippen molar-refractivity contribution in [2.24, 2.45) is 0 Å². The summed E-state index contributed by atoms with van der Waals surface area (Å²) in [4.78, 5) is 30.9. The van der Waals surface area contributed by atoms with Crippen LogP contribution in [-0.2, 0) is 9.59 Å². The number of imide groups is 1. The normalized spacial score (nSPS) is 17.8. The van der Waals surface area contributed by atoms with Crippen LogP contribution in [0.2, 0.25) is 0 Å². The van der Waals surface area contributed by atoms with E-state index < -0.39 is 5.25 Å². The number of para-hydroxylation sites is 1. The molecule has 144 valence electrons. The van der Waals surface area contributed by atoms with Gasteiger partial charge >= 0.3 is 0 Å². The summed E-state index contributed by atoms with van der Waals surface area (Å²) in [7, 11) is 0. The Bertz CT molecular complexity index is 1110. The molecule has 0 saturated carbocycles. The maximum Gasteiger partial charge on any atom is 0.247 e. The van der Waals surface area contributed by atoms with Gasteiger partial charge in [0, 0.05) is 12.0 Å². The monoisotopic (exact) mass is 406 g/mol. The van der Waals surface area contributed by atoms with Crippen molar-refractivity contribution in [3.8, 4) is 22.8 Å². The summed E-state index contributed by atoms with van der Waals surface area (Å²) in [5.41, 5.74) is 1.96. The molecule has 3 heterocycles. The summed E-state index contributed by atoms with van der Waals surface area (Å²) in [5.74, 6) is 0.814. The van der Waals surface area contributed by atoms with Crippen molar-refractivity contribution >= 4 is 29.3 Å². The molecule has 2 aliphatic rings. The Morgan fingerprint density at radius 1 is 1.03 bits per heavy atom. The average Bonchev–Trinajstić information content (AvgIpc) is 3.32. The third-order valence-electron chi connectivity index (χ3n) is 4.58. The van der Waals surface area contributed by atoms with Crippen molar-refractivity contribution in [3.05, 3.63) is 54.7 Å². The van der Waals surface area contributed by atoms with Crippen LogP contribution in [0.15, 0.2) is 59.9 Å². The third-order valence-corrected chi connectivity index (χ3v) is 5.61. The lowest BCUT2D eigenvalue weighted by Crippen LogP contribution is -2.31. The number of rotatable bonds is 4. The number of carbonyl (C=O) groups excluding carboxylic acids is 2. The SMILES string of the molecule is O=C1CC(Sc2nncc(-c3ccc4c(c3)OCO4)n2)C(=O)N1c1ccccc1. The molecule has 8 nitrogen and oxygen atoms in total. The molecule has 1 atom stereocenters. The molecule has 29 heavy (non-hydrogen) atoms. The molecule has 5 rings (SSSR count). The number of ether oxygens (including phenoxy) is 2. The Hall–Kier alpha value is -3.46. The van der Waals surface area contributed by atoms with Crippen LogP contribution in [0.1, 0.15) is 6.42 Å². The van der Waals surface area contributed by atoms with E-state index in [2.05, 4.69) is 15.2 Å². The number of thioether (sulfide) groups is 1. The Balaban J connectivity index is 1.37. The predicted octanol–water partition coefficient (Wildman–Crippen LogP) is 2.69. The molecule has 2 aliphatic heterocycles. The first-order chi connectivity index (χ1) is 14.2. The van der Waals surface area contributed by atoms with Gasteiger partial charge in [-0.2, -0.15) is 5.10 Å². The summed E-state index contributed by atoms with van der Waals surface area (Å²) in [6, 6.07) is 14.4. The highest BCUT2D eigenvalue weighted by Crippen LogP contribution is 2.36. The van der Waals surface area contributed by atoms with Crippen LogP contribution in [-0.4, -0.2) is 39.0 Å². The van der Waals surface area contributed by atoms with Crippen molar-refractivity contribution in [1.29, 1.82) is 0 Å². The summed E-state index contributed by atoms with van der Waals surface area (Å²) < 4.78 is 10.7. The lowest BCUT2D eigenvalue weighted by Gasteiger charge is -2.14. The van der Waals surface area contributed by atoms with Crippen LogP contribution < -0.4 is 14.4 Å². The lowest BCUT2D eigenvalue weighted by atomic mass is 10.1. The quantitative estimate of drug-likeness (QED) is 0.611. The molecule has 1 saturated heterocycles. The average molecular weight is 406 g/mol. The van der Waals surface area contributed by atoms with E-state index >= 15 is 0 Å². The fourth-order valence-electron chi connectivity index (χ4n) is 3.20. The van der Waals surface area contributed by atoms with Gasteiger partial charge in [-0.1, -0.05) is 30.0 Å². The molecule has 9 heteroatoms. The van der Waals surface area contributed by atoms with E-state index in [-0.39, 0.29) is 25.0 Å². The molecule has 1 unspecified atom stereocenters. The van der Waals surface area contributed by atoms with E-state index in [4.69, 9.17) is 9.47 Å². The van der Waals surface area contributed by atoms with Gasteiger partial charge in [0.2, 0.25) is 23.8 Å². The van der Waals surface area contributed by atoms with E-state index in [1.807, 2.05) is 24.3 Å². The molecule has 0 N–H and O–H groups in total. The second kappa shape index (κ2) is 7.17. The van der Waals surface area contributed by atoms with Gasteiger partial charge < -0.3 is 9.47 Å². The van der Waals surface area contributed by atoms with E-state index in [1.165, 1.54) is 4.90 Å². The second-order valence-electron chi connectivity index (χ2n) is 6.41. The molecule has 1 fully saturated rings. The number of aromatic nitrogens is 3. The highest BCUT2D eigenvalue weighted by atomic mass is 32.2. The predicted molar refractivity (Wildman–Crippen MR) is 105 cm³/mol. The minimum atomic E-state index is -0.587. The molecule has 3 aromatic rings. The van der Waals surface area contributed by atoms with E-state index in [0.29, 0.717) is 28.0 Å². The number of benzene rings is 2. The maximum atomic E-state index is 12.8. The first kappa shape index (κ1) is 17.6. The zero-order valence-electron chi connectivity index (χ0n) is 15.0. The lowest BCUT2D eigenvalue weighted by molar-refractivity contribution is -0.121. The van der Waals surface area contributed by atoms with Gasteiger partial charge in [-0.15, -0.1) is 5.10 Å². The van der Waals surface area contributed by atoms with Crippen molar-refractivity contribution in [2.75, 3.05) is 11.7 Å². The van der Waals surface area contributed by atoms with Crippen LogP contribution >= 0.6 is 11.8 Å². The third kappa shape index (κ3) is 3.29. The fourth-order valence-corrected chi connectivity index (χ4v) is 4.14. The number of amides is 2. The van der Waals surface area contributed by atoms with Gasteiger partial charge in [-0.25, -0.2) is 9.88 Å². The van der Waals surface area contributed by atoms with Crippen molar-refractivity contribution < 1.29 is 19.1 Å². The van der Waals surface area contributed by atoms with Gasteiger partial charge in [-0.05, 0) is 30.3 Å². The Labute approximate surface area is 169 Å². The maximum absolute atomic E-state index is 12.8. The molecule has 1 aromatic heterocycles. The number of anilines is 1. The molecule has 2 aromatic carbocycles. The molecule has 0 aliphatic carbocycles. The fraction of sp³-hybridized carbons (Fsp3) is 0.150. The van der Waals surface area contributed by atoms with Crippen LogP contribution in [0.3, 0.4) is 0 Å². The first-order valence-electron chi connectivity index (χ1n) is 8.87. The molecule has 0 radical (unpaired) electrons. The standard InChI is InChI=1S/C20H14N4O4S/c25-18-9-17(19(26)24(18)13-4-2-1-3-5-13)29-20-22-14(10-21-23-20)12-6-7-15-16(8-12)28-11-27-15/h1-8,10,17H,9,11H2. The molecule has 2 amide bonds. The summed E-state index contributed by atoms with van der Waals surface area (Å²) in [5, 5.41) is 7.77. The van der Waals surface area contributed by atoms with Gasteiger partial charge in [0.15, 0.2) is 11.5 Å². The summed E-state index contributed by atoms with van der Waals surface area (Å²) in [6.45, 7) is 0.192. The highest BCUT2D eigenvalue weighted by molar-refractivity contribution is 8.00. The van der Waals surface area contributed by atoms with Crippen molar-refractivity contribution in [2.45, 2.75) is 16.8 Å². The molecular weight excluding hydrogens is 392 g/mol. The van der Waals surface area contributed by atoms with Crippen LogP contribution in [0.25, 0.3) is 11.3 Å². The van der Waals surface area contributed by atoms with Gasteiger partial charge in [-0.3, -0.25) is 9.59 Å². The Morgan fingerprint density at radius 2 is 1.86 bits per heavy atom. The van der Waals surface area contributed by atoms with Crippen LogP contribution in [0.4, 0.5) is 5.69 Å². The zero-order chi connectivity index (χ0) is 19.8. The first-order valence-corrected chi connectivity index (χ1v) is 9.75. The number of carbonyl (C=O) groups is 2. The highest BCUT2D eigenvalue weighted by Gasteiger charge is 2.40. The molecule has 0 spiro atoms. The van der Waals surface area contributed by atoms with E-state index in [9.17, 15) is 9.59 Å². The number of hydrogen-bond acceptors (Lipinski definition) is 8.